The fraction of sp³-hybridized carbons (Fsp3) is 0.444. The molecule has 2 heterocycles. The van der Waals surface area contributed by atoms with Crippen molar-refractivity contribution in [2.75, 3.05) is 19.7 Å². The van der Waals surface area contributed by atoms with Gasteiger partial charge in [0.05, 0.1) is 18.8 Å². The number of benzene rings is 1. The smallest absolute Gasteiger partial charge is 0.223 e. The molecule has 1 aliphatic rings. The highest BCUT2D eigenvalue weighted by Crippen LogP contribution is 2.23. The molecule has 0 saturated carbocycles. The highest BCUT2D eigenvalue weighted by Gasteiger charge is 2.25. The lowest BCUT2D eigenvalue weighted by Crippen LogP contribution is -2.42. The molecule has 1 atom stereocenters. The van der Waals surface area contributed by atoms with Gasteiger partial charge in [-0.3, -0.25) is 4.79 Å². The van der Waals surface area contributed by atoms with Gasteiger partial charge >= 0.3 is 0 Å². The molecule has 0 spiro atoms. The zero-order chi connectivity index (χ0) is 16.2. The van der Waals surface area contributed by atoms with Crippen LogP contribution in [0, 0.1) is 13.8 Å². The first-order chi connectivity index (χ1) is 11.1. The summed E-state index contributed by atoms with van der Waals surface area (Å²) in [7, 11) is 0. The maximum Gasteiger partial charge on any atom is 0.223 e. The van der Waals surface area contributed by atoms with Crippen LogP contribution < -0.4 is 0 Å². The third-order valence-corrected chi connectivity index (χ3v) is 4.36. The number of aryl methyl sites for hydroxylation is 2. The summed E-state index contributed by atoms with van der Waals surface area (Å²) in [5, 5.41) is 3.94. The number of aromatic nitrogens is 1. The Bertz CT molecular complexity index is 647. The van der Waals surface area contributed by atoms with Gasteiger partial charge in [-0.2, -0.15) is 0 Å². The standard InChI is InChI=1S/C18H22N2O3/c1-13-16(14(2)23-19-13)8-9-18(21)20-10-11-22-17(12-20)15-6-4-3-5-7-15/h3-7,17H,8-12H2,1-2H3/t17-/m1/s1. The molecule has 1 saturated heterocycles. The summed E-state index contributed by atoms with van der Waals surface area (Å²) in [6.45, 7) is 5.65. The quantitative estimate of drug-likeness (QED) is 0.871. The molecule has 0 unspecified atom stereocenters. The maximum atomic E-state index is 12.5. The second-order valence-corrected chi connectivity index (χ2v) is 5.91. The first-order valence-corrected chi connectivity index (χ1v) is 8.01. The summed E-state index contributed by atoms with van der Waals surface area (Å²) < 4.78 is 11.0. The van der Waals surface area contributed by atoms with Crippen LogP contribution >= 0.6 is 0 Å². The van der Waals surface area contributed by atoms with Crippen LogP contribution in [0.2, 0.25) is 0 Å². The van der Waals surface area contributed by atoms with Crippen molar-refractivity contribution in [2.24, 2.45) is 0 Å². The third-order valence-electron chi connectivity index (χ3n) is 4.36. The second-order valence-electron chi connectivity index (χ2n) is 5.91. The molecular weight excluding hydrogens is 292 g/mol. The van der Waals surface area contributed by atoms with E-state index in [1.807, 2.05) is 49.1 Å². The predicted molar refractivity (Wildman–Crippen MR) is 86.0 cm³/mol. The molecule has 5 heteroatoms. The van der Waals surface area contributed by atoms with E-state index in [9.17, 15) is 4.79 Å². The van der Waals surface area contributed by atoms with Gasteiger partial charge in [0.15, 0.2) is 0 Å². The number of nitrogens with zero attached hydrogens (tertiary/aromatic N) is 2. The van der Waals surface area contributed by atoms with Crippen molar-refractivity contribution in [3.05, 3.63) is 52.9 Å². The van der Waals surface area contributed by atoms with Gasteiger partial charge in [-0.1, -0.05) is 35.5 Å². The van der Waals surface area contributed by atoms with Gasteiger partial charge in [0, 0.05) is 18.5 Å². The number of rotatable bonds is 4. The Kier molecular flexibility index (Phi) is 4.76. The van der Waals surface area contributed by atoms with Gasteiger partial charge in [0.1, 0.15) is 11.9 Å². The van der Waals surface area contributed by atoms with Crippen LogP contribution in [0.15, 0.2) is 34.9 Å². The molecule has 1 amide bonds. The van der Waals surface area contributed by atoms with Crippen LogP contribution in [-0.2, 0) is 16.0 Å². The molecular formula is C18H22N2O3. The SMILES string of the molecule is Cc1noc(C)c1CCC(=O)N1CCO[C@@H](c2ccccc2)C1. The Balaban J connectivity index is 1.59. The highest BCUT2D eigenvalue weighted by atomic mass is 16.5. The Morgan fingerprint density at radius 2 is 2.09 bits per heavy atom. The zero-order valence-electron chi connectivity index (χ0n) is 13.6. The van der Waals surface area contributed by atoms with E-state index in [1.165, 1.54) is 0 Å². The minimum atomic E-state index is -0.0343. The van der Waals surface area contributed by atoms with Gasteiger partial charge < -0.3 is 14.2 Å². The Labute approximate surface area is 136 Å². The number of carbonyl (C=O) groups is 1. The maximum absolute atomic E-state index is 12.5. The van der Waals surface area contributed by atoms with Crippen LogP contribution in [0.25, 0.3) is 0 Å². The highest BCUT2D eigenvalue weighted by molar-refractivity contribution is 5.76. The average Bonchev–Trinajstić information content (AvgIpc) is 2.92. The topological polar surface area (TPSA) is 55.6 Å². The van der Waals surface area contributed by atoms with E-state index in [0.717, 1.165) is 22.6 Å². The van der Waals surface area contributed by atoms with Crippen molar-refractivity contribution in [2.45, 2.75) is 32.8 Å². The van der Waals surface area contributed by atoms with E-state index < -0.39 is 0 Å². The number of hydrogen-bond donors (Lipinski definition) is 0. The van der Waals surface area contributed by atoms with Crippen LogP contribution in [-0.4, -0.2) is 35.7 Å². The van der Waals surface area contributed by atoms with Gasteiger partial charge in [-0.25, -0.2) is 0 Å². The summed E-state index contributed by atoms with van der Waals surface area (Å²) in [6, 6.07) is 10.1. The minimum absolute atomic E-state index is 0.0343. The molecule has 3 rings (SSSR count). The Morgan fingerprint density at radius 1 is 1.30 bits per heavy atom. The lowest BCUT2D eigenvalue weighted by Gasteiger charge is -2.33. The van der Waals surface area contributed by atoms with E-state index in [0.29, 0.717) is 32.5 Å². The van der Waals surface area contributed by atoms with E-state index in [-0.39, 0.29) is 12.0 Å². The number of morpholine rings is 1. The number of hydrogen-bond acceptors (Lipinski definition) is 4. The molecule has 5 nitrogen and oxygen atoms in total. The predicted octanol–water partition coefficient (Wildman–Crippen LogP) is 2.82. The fourth-order valence-electron chi connectivity index (χ4n) is 2.99. The van der Waals surface area contributed by atoms with Crippen LogP contribution in [0.5, 0.6) is 0 Å². The molecule has 0 bridgehead atoms. The van der Waals surface area contributed by atoms with Crippen molar-refractivity contribution in [3.8, 4) is 0 Å². The first kappa shape index (κ1) is 15.7. The van der Waals surface area contributed by atoms with Crippen LogP contribution in [0.1, 0.15) is 35.1 Å². The fourth-order valence-corrected chi connectivity index (χ4v) is 2.99. The Morgan fingerprint density at radius 3 is 2.78 bits per heavy atom. The van der Waals surface area contributed by atoms with Gasteiger partial charge in [0.25, 0.3) is 0 Å². The minimum Gasteiger partial charge on any atom is -0.370 e. The van der Waals surface area contributed by atoms with E-state index >= 15 is 0 Å². The normalized spacial score (nSPS) is 18.2. The molecule has 1 aromatic heterocycles. The second kappa shape index (κ2) is 6.96. The summed E-state index contributed by atoms with van der Waals surface area (Å²) >= 11 is 0. The summed E-state index contributed by atoms with van der Waals surface area (Å²) in [5.41, 5.74) is 3.04. The van der Waals surface area contributed by atoms with Crippen molar-refractivity contribution < 1.29 is 14.1 Å². The molecule has 0 radical (unpaired) electrons. The van der Waals surface area contributed by atoms with E-state index in [2.05, 4.69) is 5.16 Å². The van der Waals surface area contributed by atoms with E-state index in [4.69, 9.17) is 9.26 Å². The van der Waals surface area contributed by atoms with Crippen molar-refractivity contribution in [3.63, 3.8) is 0 Å². The summed E-state index contributed by atoms with van der Waals surface area (Å²) in [5.74, 6) is 0.966. The zero-order valence-corrected chi connectivity index (χ0v) is 13.6. The third kappa shape index (κ3) is 3.62. The van der Waals surface area contributed by atoms with Gasteiger partial charge in [0.2, 0.25) is 5.91 Å². The monoisotopic (exact) mass is 314 g/mol. The van der Waals surface area contributed by atoms with Crippen molar-refractivity contribution in [1.82, 2.24) is 10.1 Å². The first-order valence-electron chi connectivity index (χ1n) is 8.01. The van der Waals surface area contributed by atoms with Gasteiger partial charge in [-0.15, -0.1) is 0 Å². The number of carbonyl (C=O) groups excluding carboxylic acids is 1. The van der Waals surface area contributed by atoms with Gasteiger partial charge in [-0.05, 0) is 25.8 Å². The molecule has 122 valence electrons. The molecule has 23 heavy (non-hydrogen) atoms. The summed E-state index contributed by atoms with van der Waals surface area (Å²) in [6.07, 6.45) is 1.12. The van der Waals surface area contributed by atoms with Crippen molar-refractivity contribution in [1.29, 1.82) is 0 Å². The molecule has 1 fully saturated rings. The summed E-state index contributed by atoms with van der Waals surface area (Å²) in [4.78, 5) is 14.4. The lowest BCUT2D eigenvalue weighted by molar-refractivity contribution is -0.139. The van der Waals surface area contributed by atoms with E-state index in [1.54, 1.807) is 0 Å². The Hall–Kier alpha value is -2.14. The average molecular weight is 314 g/mol. The lowest BCUT2D eigenvalue weighted by atomic mass is 10.1. The molecule has 1 aromatic carbocycles. The molecule has 0 N–H and O–H groups in total. The van der Waals surface area contributed by atoms with Crippen LogP contribution in [0.4, 0.5) is 0 Å². The molecule has 2 aromatic rings. The number of amides is 1. The molecule has 0 aliphatic carbocycles. The van der Waals surface area contributed by atoms with Crippen molar-refractivity contribution >= 4 is 5.91 Å². The van der Waals surface area contributed by atoms with Crippen LogP contribution in [0.3, 0.4) is 0 Å². The largest absolute Gasteiger partial charge is 0.370 e. The molecule has 1 aliphatic heterocycles. The number of ether oxygens (including phenoxy) is 1.